The van der Waals surface area contributed by atoms with Crippen LogP contribution in [0.5, 0.6) is 5.75 Å². The van der Waals surface area contributed by atoms with Crippen molar-refractivity contribution in [1.29, 1.82) is 0 Å². The van der Waals surface area contributed by atoms with Gasteiger partial charge in [0.25, 0.3) is 0 Å². The van der Waals surface area contributed by atoms with Crippen LogP contribution in [0.2, 0.25) is 0 Å². The summed E-state index contributed by atoms with van der Waals surface area (Å²) in [6.45, 7) is 3.75. The Morgan fingerprint density at radius 1 is 1.44 bits per heavy atom. The molecule has 0 aliphatic carbocycles. The molecule has 96 valence electrons. The van der Waals surface area contributed by atoms with Crippen molar-refractivity contribution in [2.45, 2.75) is 26.6 Å². The molecule has 0 amide bonds. The highest BCUT2D eigenvalue weighted by atomic mass is 79.9. The van der Waals surface area contributed by atoms with Crippen molar-refractivity contribution in [1.82, 2.24) is 10.3 Å². The zero-order valence-corrected chi connectivity index (χ0v) is 11.6. The minimum Gasteiger partial charge on any atom is -0.487 e. The summed E-state index contributed by atoms with van der Waals surface area (Å²) in [5, 5.41) is 17.1. The van der Waals surface area contributed by atoms with Crippen LogP contribution in [-0.4, -0.2) is 15.4 Å². The molecule has 1 aromatic carbocycles. The lowest BCUT2D eigenvalue weighted by Gasteiger charge is -2.13. The Hall–Kier alpha value is -1.40. The molecule has 0 saturated heterocycles. The van der Waals surface area contributed by atoms with Crippen molar-refractivity contribution in [2.75, 3.05) is 0 Å². The van der Waals surface area contributed by atoms with E-state index >= 15 is 0 Å². The fourth-order valence-electron chi connectivity index (χ4n) is 1.50. The van der Waals surface area contributed by atoms with Gasteiger partial charge in [0.2, 0.25) is 0 Å². The maximum Gasteiger partial charge on any atom is 0.145 e. The van der Waals surface area contributed by atoms with E-state index in [1.54, 1.807) is 13.8 Å². The first-order chi connectivity index (χ1) is 8.58. The smallest absolute Gasteiger partial charge is 0.145 e. The number of aromatic nitrogens is 2. The van der Waals surface area contributed by atoms with Crippen LogP contribution in [0.25, 0.3) is 0 Å². The Morgan fingerprint density at radius 3 is 2.83 bits per heavy atom. The van der Waals surface area contributed by atoms with Crippen LogP contribution in [0.4, 0.5) is 0 Å². The van der Waals surface area contributed by atoms with Gasteiger partial charge in [-0.3, -0.25) is 0 Å². The highest BCUT2D eigenvalue weighted by Gasteiger charge is 2.12. The molecule has 0 fully saturated rings. The number of benzene rings is 1. The summed E-state index contributed by atoms with van der Waals surface area (Å²) in [7, 11) is 0. The molecule has 1 heterocycles. The van der Waals surface area contributed by atoms with Gasteiger partial charge in [-0.2, -0.15) is 0 Å². The third kappa shape index (κ3) is 2.88. The third-order valence-electron chi connectivity index (χ3n) is 2.54. The Balaban J connectivity index is 2.18. The largest absolute Gasteiger partial charge is 0.487 e. The standard InChI is InChI=1S/C12H13BrN2O3/c1-7-11(15-18-14-7)6-17-12-5-9(13)3-4-10(12)8(2)16/h3-5,8,16H,6H2,1-2H3. The Morgan fingerprint density at radius 2 is 2.22 bits per heavy atom. The Bertz CT molecular complexity index is 540. The average molecular weight is 313 g/mol. The lowest BCUT2D eigenvalue weighted by Crippen LogP contribution is -2.02. The van der Waals surface area contributed by atoms with E-state index in [0.29, 0.717) is 17.1 Å². The van der Waals surface area contributed by atoms with Gasteiger partial charge in [-0.25, -0.2) is 4.63 Å². The minimum atomic E-state index is -0.593. The van der Waals surface area contributed by atoms with Crippen molar-refractivity contribution in [3.05, 3.63) is 39.6 Å². The fourth-order valence-corrected chi connectivity index (χ4v) is 1.85. The van der Waals surface area contributed by atoms with Gasteiger partial charge >= 0.3 is 0 Å². The van der Waals surface area contributed by atoms with E-state index in [9.17, 15) is 5.11 Å². The SMILES string of the molecule is Cc1nonc1COc1cc(Br)ccc1C(C)O. The molecule has 0 aliphatic rings. The van der Waals surface area contributed by atoms with Crippen molar-refractivity contribution in [3.8, 4) is 5.75 Å². The summed E-state index contributed by atoms with van der Waals surface area (Å²) in [5.41, 5.74) is 2.07. The minimum absolute atomic E-state index is 0.255. The topological polar surface area (TPSA) is 68.4 Å². The van der Waals surface area contributed by atoms with E-state index < -0.39 is 6.10 Å². The molecule has 0 aliphatic heterocycles. The van der Waals surface area contributed by atoms with Gasteiger partial charge in [0, 0.05) is 10.0 Å². The van der Waals surface area contributed by atoms with Crippen LogP contribution < -0.4 is 4.74 Å². The number of nitrogens with zero attached hydrogens (tertiary/aromatic N) is 2. The lowest BCUT2D eigenvalue weighted by atomic mass is 10.1. The number of aryl methyl sites for hydroxylation is 1. The van der Waals surface area contributed by atoms with Gasteiger partial charge in [0.15, 0.2) is 0 Å². The number of aliphatic hydroxyl groups is 1. The summed E-state index contributed by atoms with van der Waals surface area (Å²) >= 11 is 3.37. The number of hydrogen-bond acceptors (Lipinski definition) is 5. The molecule has 1 aromatic heterocycles. The maximum atomic E-state index is 9.67. The molecule has 0 spiro atoms. The summed E-state index contributed by atoms with van der Waals surface area (Å²) in [5.74, 6) is 0.613. The summed E-state index contributed by atoms with van der Waals surface area (Å²) in [6, 6.07) is 5.49. The number of hydrogen-bond donors (Lipinski definition) is 1. The van der Waals surface area contributed by atoms with Gasteiger partial charge in [-0.1, -0.05) is 32.3 Å². The molecule has 0 bridgehead atoms. The zero-order valence-electron chi connectivity index (χ0n) is 10.1. The van der Waals surface area contributed by atoms with E-state index in [1.165, 1.54) is 0 Å². The van der Waals surface area contributed by atoms with Crippen molar-refractivity contribution in [2.24, 2.45) is 0 Å². The predicted molar refractivity (Wildman–Crippen MR) is 68.1 cm³/mol. The highest BCUT2D eigenvalue weighted by Crippen LogP contribution is 2.29. The van der Waals surface area contributed by atoms with E-state index in [-0.39, 0.29) is 6.61 Å². The van der Waals surface area contributed by atoms with Crippen LogP contribution in [-0.2, 0) is 6.61 Å². The van der Waals surface area contributed by atoms with Crippen LogP contribution in [0.1, 0.15) is 30.0 Å². The van der Waals surface area contributed by atoms with E-state index in [4.69, 9.17) is 4.74 Å². The monoisotopic (exact) mass is 312 g/mol. The zero-order chi connectivity index (χ0) is 13.1. The molecular formula is C12H13BrN2O3. The molecule has 18 heavy (non-hydrogen) atoms. The second-order valence-electron chi connectivity index (χ2n) is 3.94. The molecule has 2 rings (SSSR count). The molecule has 6 heteroatoms. The molecule has 0 saturated carbocycles. The van der Waals surface area contributed by atoms with Gasteiger partial charge in [0.1, 0.15) is 23.7 Å². The Kier molecular flexibility index (Phi) is 3.98. The molecule has 2 aromatic rings. The number of aliphatic hydroxyl groups excluding tert-OH is 1. The van der Waals surface area contributed by atoms with Crippen LogP contribution >= 0.6 is 15.9 Å². The number of ether oxygens (including phenoxy) is 1. The summed E-state index contributed by atoms with van der Waals surface area (Å²) in [4.78, 5) is 0. The molecule has 5 nitrogen and oxygen atoms in total. The molecule has 1 N–H and O–H groups in total. The first kappa shape index (κ1) is 13.0. The number of halogens is 1. The predicted octanol–water partition coefficient (Wildman–Crippen LogP) is 2.77. The van der Waals surface area contributed by atoms with Crippen LogP contribution in [0.3, 0.4) is 0 Å². The summed E-state index contributed by atoms with van der Waals surface area (Å²) in [6.07, 6.45) is -0.593. The van der Waals surface area contributed by atoms with Crippen molar-refractivity contribution in [3.63, 3.8) is 0 Å². The molecular weight excluding hydrogens is 300 g/mol. The first-order valence-corrected chi connectivity index (χ1v) is 6.25. The molecule has 1 atom stereocenters. The highest BCUT2D eigenvalue weighted by molar-refractivity contribution is 9.10. The second kappa shape index (κ2) is 5.49. The molecule has 0 radical (unpaired) electrons. The lowest BCUT2D eigenvalue weighted by molar-refractivity contribution is 0.189. The van der Waals surface area contributed by atoms with Crippen molar-refractivity contribution >= 4 is 15.9 Å². The van der Waals surface area contributed by atoms with Crippen LogP contribution in [0.15, 0.2) is 27.3 Å². The first-order valence-electron chi connectivity index (χ1n) is 5.46. The van der Waals surface area contributed by atoms with Gasteiger partial charge < -0.3 is 9.84 Å². The van der Waals surface area contributed by atoms with Gasteiger partial charge in [-0.05, 0) is 26.0 Å². The number of rotatable bonds is 4. The maximum absolute atomic E-state index is 9.67. The summed E-state index contributed by atoms with van der Waals surface area (Å²) < 4.78 is 11.1. The molecule has 1 unspecified atom stereocenters. The second-order valence-corrected chi connectivity index (χ2v) is 4.86. The van der Waals surface area contributed by atoms with E-state index in [1.807, 2.05) is 18.2 Å². The van der Waals surface area contributed by atoms with Crippen molar-refractivity contribution < 1.29 is 14.5 Å². The van der Waals surface area contributed by atoms with Gasteiger partial charge in [0.05, 0.1) is 6.10 Å². The van der Waals surface area contributed by atoms with Gasteiger partial charge in [-0.15, -0.1) is 0 Å². The van der Waals surface area contributed by atoms with E-state index in [0.717, 1.165) is 10.0 Å². The Labute approximate surface area is 113 Å². The van der Waals surface area contributed by atoms with Crippen LogP contribution in [0, 0.1) is 6.92 Å². The normalized spacial score (nSPS) is 12.4. The fraction of sp³-hybridized carbons (Fsp3) is 0.333. The van der Waals surface area contributed by atoms with E-state index in [2.05, 4.69) is 30.9 Å². The quantitative estimate of drug-likeness (QED) is 0.940. The average Bonchev–Trinajstić information content (AvgIpc) is 2.72. The third-order valence-corrected chi connectivity index (χ3v) is 3.03.